The number of hydrogen-bond donors (Lipinski definition) is 0. The summed E-state index contributed by atoms with van der Waals surface area (Å²) in [5.74, 6) is 0. The van der Waals surface area contributed by atoms with Crippen LogP contribution < -0.4 is 9.80 Å². The van der Waals surface area contributed by atoms with Crippen molar-refractivity contribution in [2.75, 3.05) is 9.80 Å². The first kappa shape index (κ1) is 47.0. The molecule has 0 unspecified atom stereocenters. The first-order chi connectivity index (χ1) is 39.2. The standard InChI is InChI=1S/C76H53N3/c1-6-21-55(22-7-1)71-53-74(59-41-47-65(48-42-59)78(61-29-12-4-13-30-61)66-49-50-70-69-34-18-19-36-75(69)79(76(70)51-66)62-31-14-5-15-32-62)72(56-23-8-2-9-24-56)52-73(71)58-39-45-64(46-40-58)77(60-27-10-3-11-28-60)63-43-37-57(38-44-63)68-35-20-26-54-25-16-17-33-67(54)68/h1-53H. The number of anilines is 6. The number of rotatable bonds is 12. The molecule has 14 aromatic rings. The van der Waals surface area contributed by atoms with Crippen LogP contribution in [0.2, 0.25) is 0 Å². The Morgan fingerprint density at radius 1 is 0.203 bits per heavy atom. The highest BCUT2D eigenvalue weighted by atomic mass is 15.1. The first-order valence-electron chi connectivity index (χ1n) is 27.1. The van der Waals surface area contributed by atoms with Gasteiger partial charge >= 0.3 is 0 Å². The maximum absolute atomic E-state index is 2.41. The molecule has 0 atom stereocenters. The van der Waals surface area contributed by atoms with Crippen LogP contribution in [0.1, 0.15) is 0 Å². The van der Waals surface area contributed by atoms with Crippen LogP contribution in [-0.4, -0.2) is 4.57 Å². The van der Waals surface area contributed by atoms with Gasteiger partial charge in [-0.1, -0.05) is 218 Å². The minimum atomic E-state index is 1.07. The van der Waals surface area contributed by atoms with Crippen LogP contribution in [0.15, 0.2) is 322 Å². The molecule has 0 bridgehead atoms. The van der Waals surface area contributed by atoms with Gasteiger partial charge in [0.2, 0.25) is 0 Å². The molecule has 0 N–H and O–H groups in total. The molecule has 0 radical (unpaired) electrons. The SMILES string of the molecule is c1ccc(-c2cc(-c3ccc(N(c4ccccc4)c4ccc5c6ccccc6n(-c6ccccc6)c5c4)cc3)c(-c3ccccc3)cc2-c2ccc(N(c3ccccc3)c3ccc(-c4cccc5ccccc45)cc3)cc2)cc1. The Kier molecular flexibility index (Phi) is 12.2. The van der Waals surface area contributed by atoms with E-state index in [1.165, 1.54) is 60.4 Å². The van der Waals surface area contributed by atoms with Crippen molar-refractivity contribution in [1.82, 2.24) is 4.57 Å². The van der Waals surface area contributed by atoms with Crippen LogP contribution in [-0.2, 0) is 0 Å². The molecule has 1 aromatic heterocycles. The van der Waals surface area contributed by atoms with Gasteiger partial charge in [-0.2, -0.15) is 0 Å². The zero-order valence-corrected chi connectivity index (χ0v) is 43.4. The smallest absolute Gasteiger partial charge is 0.0561 e. The van der Waals surface area contributed by atoms with Gasteiger partial charge in [-0.15, -0.1) is 0 Å². The minimum Gasteiger partial charge on any atom is -0.311 e. The molecule has 1 heterocycles. The Balaban J connectivity index is 0.864. The van der Waals surface area contributed by atoms with E-state index in [9.17, 15) is 0 Å². The van der Waals surface area contributed by atoms with Crippen LogP contribution in [0.4, 0.5) is 34.1 Å². The van der Waals surface area contributed by atoms with E-state index in [4.69, 9.17) is 0 Å². The third kappa shape index (κ3) is 8.89. The highest BCUT2D eigenvalue weighted by Crippen LogP contribution is 2.46. The van der Waals surface area contributed by atoms with Crippen molar-refractivity contribution in [3.8, 4) is 61.3 Å². The zero-order valence-electron chi connectivity index (χ0n) is 43.4. The Hall–Kier alpha value is -10.5. The van der Waals surface area contributed by atoms with Crippen molar-refractivity contribution in [2.45, 2.75) is 0 Å². The van der Waals surface area contributed by atoms with E-state index in [-0.39, 0.29) is 0 Å². The number of para-hydroxylation sites is 4. The fraction of sp³-hybridized carbons (Fsp3) is 0. The molecule has 0 spiro atoms. The Bertz CT molecular complexity index is 4420. The lowest BCUT2D eigenvalue weighted by Gasteiger charge is -2.26. The summed E-state index contributed by atoms with van der Waals surface area (Å²) in [6, 6.07) is 117. The summed E-state index contributed by atoms with van der Waals surface area (Å²) in [6.45, 7) is 0. The highest BCUT2D eigenvalue weighted by Gasteiger charge is 2.21. The van der Waals surface area contributed by atoms with E-state index in [1.807, 2.05) is 0 Å². The molecule has 0 aliphatic heterocycles. The van der Waals surface area contributed by atoms with Crippen molar-refractivity contribution in [3.05, 3.63) is 322 Å². The number of nitrogens with zero attached hydrogens (tertiary/aromatic N) is 3. The third-order valence-corrected chi connectivity index (χ3v) is 15.4. The molecule has 0 fully saturated rings. The summed E-state index contributed by atoms with van der Waals surface area (Å²) in [4.78, 5) is 4.72. The molecule has 0 saturated heterocycles. The normalized spacial score (nSPS) is 11.3. The van der Waals surface area contributed by atoms with Crippen LogP contribution in [0.5, 0.6) is 0 Å². The van der Waals surface area contributed by atoms with Crippen molar-refractivity contribution < 1.29 is 0 Å². The summed E-state index contributed by atoms with van der Waals surface area (Å²) < 4.78 is 2.39. The molecule has 3 heteroatoms. The molecular formula is C76H53N3. The molecule has 0 aliphatic carbocycles. The van der Waals surface area contributed by atoms with Gasteiger partial charge in [0.25, 0.3) is 0 Å². The van der Waals surface area contributed by atoms with E-state index in [2.05, 4.69) is 336 Å². The lowest BCUT2D eigenvalue weighted by Crippen LogP contribution is -2.10. The minimum absolute atomic E-state index is 1.07. The van der Waals surface area contributed by atoms with E-state index in [1.54, 1.807) is 0 Å². The molecule has 13 aromatic carbocycles. The Morgan fingerprint density at radius 2 is 0.557 bits per heavy atom. The van der Waals surface area contributed by atoms with Gasteiger partial charge < -0.3 is 14.4 Å². The summed E-state index contributed by atoms with van der Waals surface area (Å²) in [5.41, 5.74) is 21.7. The number of aromatic nitrogens is 1. The van der Waals surface area contributed by atoms with Crippen molar-refractivity contribution in [2.24, 2.45) is 0 Å². The molecular weight excluding hydrogens is 955 g/mol. The van der Waals surface area contributed by atoms with E-state index >= 15 is 0 Å². The highest BCUT2D eigenvalue weighted by molar-refractivity contribution is 6.10. The van der Waals surface area contributed by atoms with E-state index in [0.717, 1.165) is 67.6 Å². The number of fused-ring (bicyclic) bond motifs is 4. The summed E-state index contributed by atoms with van der Waals surface area (Å²) in [7, 11) is 0. The predicted molar refractivity (Wildman–Crippen MR) is 335 cm³/mol. The average Bonchev–Trinajstić information content (AvgIpc) is 3.89. The second-order valence-corrected chi connectivity index (χ2v) is 20.1. The van der Waals surface area contributed by atoms with Crippen LogP contribution in [0, 0.1) is 0 Å². The third-order valence-electron chi connectivity index (χ3n) is 15.4. The fourth-order valence-corrected chi connectivity index (χ4v) is 11.6. The van der Waals surface area contributed by atoms with Gasteiger partial charge in [-0.05, 0) is 170 Å². The number of benzene rings is 13. The summed E-state index contributed by atoms with van der Waals surface area (Å²) >= 11 is 0. The maximum Gasteiger partial charge on any atom is 0.0561 e. The monoisotopic (exact) mass is 1010 g/mol. The summed E-state index contributed by atoms with van der Waals surface area (Å²) in [5, 5.41) is 4.96. The molecule has 0 saturated carbocycles. The van der Waals surface area contributed by atoms with Gasteiger partial charge in [0.15, 0.2) is 0 Å². The van der Waals surface area contributed by atoms with Crippen LogP contribution >= 0.6 is 0 Å². The van der Waals surface area contributed by atoms with Gasteiger partial charge in [-0.25, -0.2) is 0 Å². The molecule has 372 valence electrons. The van der Waals surface area contributed by atoms with E-state index in [0.29, 0.717) is 0 Å². The predicted octanol–water partition coefficient (Wildman–Crippen LogP) is 21.2. The fourth-order valence-electron chi connectivity index (χ4n) is 11.6. The second-order valence-electron chi connectivity index (χ2n) is 20.1. The lowest BCUT2D eigenvalue weighted by molar-refractivity contribution is 1.18. The second kappa shape index (κ2) is 20.6. The Morgan fingerprint density at radius 3 is 1.08 bits per heavy atom. The molecule has 0 amide bonds. The van der Waals surface area contributed by atoms with Crippen LogP contribution in [0.25, 0.3) is 93.9 Å². The van der Waals surface area contributed by atoms with Gasteiger partial charge in [-0.3, -0.25) is 0 Å². The van der Waals surface area contributed by atoms with Crippen molar-refractivity contribution in [1.29, 1.82) is 0 Å². The van der Waals surface area contributed by atoms with Crippen molar-refractivity contribution >= 4 is 66.7 Å². The molecule has 0 aliphatic rings. The molecule has 14 rings (SSSR count). The maximum atomic E-state index is 2.41. The zero-order chi connectivity index (χ0) is 52.5. The first-order valence-corrected chi connectivity index (χ1v) is 27.1. The lowest BCUT2D eigenvalue weighted by atomic mass is 9.85. The van der Waals surface area contributed by atoms with Gasteiger partial charge in [0.05, 0.1) is 11.0 Å². The Labute approximate surface area is 461 Å². The van der Waals surface area contributed by atoms with E-state index < -0.39 is 0 Å². The average molecular weight is 1010 g/mol. The molecule has 3 nitrogen and oxygen atoms in total. The summed E-state index contributed by atoms with van der Waals surface area (Å²) in [6.07, 6.45) is 0. The van der Waals surface area contributed by atoms with Crippen molar-refractivity contribution in [3.63, 3.8) is 0 Å². The number of hydrogen-bond acceptors (Lipinski definition) is 2. The largest absolute Gasteiger partial charge is 0.311 e. The topological polar surface area (TPSA) is 11.4 Å². The van der Waals surface area contributed by atoms with Gasteiger partial charge in [0.1, 0.15) is 0 Å². The quantitative estimate of drug-likeness (QED) is 0.121. The van der Waals surface area contributed by atoms with Gasteiger partial charge in [0, 0.05) is 50.6 Å². The molecule has 79 heavy (non-hydrogen) atoms. The van der Waals surface area contributed by atoms with Crippen LogP contribution in [0.3, 0.4) is 0 Å².